The molecule has 0 saturated heterocycles. The molecule has 1 heterocycles. The Bertz CT molecular complexity index is 837. The highest BCUT2D eigenvalue weighted by molar-refractivity contribution is 7.91. The van der Waals surface area contributed by atoms with E-state index in [0.29, 0.717) is 11.5 Å². The third-order valence-corrected chi connectivity index (χ3v) is 6.42. The van der Waals surface area contributed by atoms with Crippen LogP contribution in [-0.2, 0) is 10.0 Å². The molecule has 1 unspecified atom stereocenters. The molecule has 3 N–H and O–H groups in total. The van der Waals surface area contributed by atoms with Crippen molar-refractivity contribution in [2.24, 2.45) is 11.1 Å². The zero-order valence-electron chi connectivity index (χ0n) is 14.8. The van der Waals surface area contributed by atoms with Crippen molar-refractivity contribution in [1.82, 2.24) is 5.32 Å². The first-order valence-electron chi connectivity index (χ1n) is 8.11. The van der Waals surface area contributed by atoms with Crippen LogP contribution in [0.1, 0.15) is 61.1 Å². The average Bonchev–Trinajstić information content (AvgIpc) is 3.02. The Kier molecular flexibility index (Phi) is 6.03. The van der Waals surface area contributed by atoms with Gasteiger partial charge in [0, 0.05) is 5.38 Å². The van der Waals surface area contributed by atoms with E-state index in [1.807, 2.05) is 26.0 Å². The van der Waals surface area contributed by atoms with E-state index >= 15 is 0 Å². The number of hydrogen-bond acceptors (Lipinski definition) is 4. The molecular weight excluding hydrogens is 356 g/mol. The summed E-state index contributed by atoms with van der Waals surface area (Å²) in [4.78, 5) is 12.5. The van der Waals surface area contributed by atoms with Crippen molar-refractivity contribution in [3.63, 3.8) is 0 Å². The SMILES string of the molecule is CC(C)c1ccc(C(NC(=O)c2csc(S(N)(=O)=O)c2)C(C)C)cc1. The molecule has 0 saturated carbocycles. The van der Waals surface area contributed by atoms with E-state index in [0.717, 1.165) is 16.9 Å². The molecule has 0 bridgehead atoms. The lowest BCUT2D eigenvalue weighted by atomic mass is 9.93. The summed E-state index contributed by atoms with van der Waals surface area (Å²) < 4.78 is 22.7. The predicted octanol–water partition coefficient (Wildman–Crippen LogP) is 3.65. The van der Waals surface area contributed by atoms with Gasteiger partial charge in [0.2, 0.25) is 10.0 Å². The standard InChI is InChI=1S/C18H24N2O3S2/c1-11(2)13-5-7-14(8-6-13)17(12(3)4)20-18(21)15-9-16(24-10-15)25(19,22)23/h5-12,17H,1-4H3,(H,20,21)(H2,19,22,23). The van der Waals surface area contributed by atoms with Crippen LogP contribution in [0.4, 0.5) is 0 Å². The number of thiophene rings is 1. The molecule has 25 heavy (non-hydrogen) atoms. The first-order valence-corrected chi connectivity index (χ1v) is 10.5. The summed E-state index contributed by atoms with van der Waals surface area (Å²) in [5, 5.41) is 9.60. The van der Waals surface area contributed by atoms with Gasteiger partial charge in [0.05, 0.1) is 11.6 Å². The number of sulfonamides is 1. The predicted molar refractivity (Wildman–Crippen MR) is 101 cm³/mol. The molecule has 5 nitrogen and oxygen atoms in total. The molecule has 0 aliphatic carbocycles. The number of primary sulfonamides is 1. The quantitative estimate of drug-likeness (QED) is 0.801. The Morgan fingerprint density at radius 3 is 2.08 bits per heavy atom. The molecule has 1 aromatic carbocycles. The monoisotopic (exact) mass is 380 g/mol. The van der Waals surface area contributed by atoms with Gasteiger partial charge < -0.3 is 5.32 Å². The maximum absolute atomic E-state index is 12.5. The number of carbonyl (C=O) groups is 1. The van der Waals surface area contributed by atoms with E-state index in [-0.39, 0.29) is 22.1 Å². The maximum atomic E-state index is 12.5. The maximum Gasteiger partial charge on any atom is 0.252 e. The fraction of sp³-hybridized carbons (Fsp3) is 0.389. The summed E-state index contributed by atoms with van der Waals surface area (Å²) in [6, 6.07) is 9.37. The van der Waals surface area contributed by atoms with Crippen molar-refractivity contribution in [1.29, 1.82) is 0 Å². The number of hydrogen-bond donors (Lipinski definition) is 2. The third kappa shape index (κ3) is 4.90. The molecule has 7 heteroatoms. The Hall–Kier alpha value is -1.70. The van der Waals surface area contributed by atoms with Crippen LogP contribution in [0.3, 0.4) is 0 Å². The van der Waals surface area contributed by atoms with Gasteiger partial charge in [-0.1, -0.05) is 52.0 Å². The highest BCUT2D eigenvalue weighted by Crippen LogP contribution is 2.25. The highest BCUT2D eigenvalue weighted by atomic mass is 32.2. The second kappa shape index (κ2) is 7.68. The summed E-state index contributed by atoms with van der Waals surface area (Å²) in [5.74, 6) is 0.326. The van der Waals surface area contributed by atoms with Crippen molar-refractivity contribution in [3.05, 3.63) is 52.4 Å². The number of carbonyl (C=O) groups excluding carboxylic acids is 1. The molecule has 0 aliphatic heterocycles. The summed E-state index contributed by atoms with van der Waals surface area (Å²) in [5.41, 5.74) is 2.57. The second-order valence-corrected chi connectivity index (χ2v) is 9.42. The van der Waals surface area contributed by atoms with E-state index in [4.69, 9.17) is 5.14 Å². The largest absolute Gasteiger partial charge is 0.345 e. The molecule has 2 aromatic rings. The van der Waals surface area contributed by atoms with Crippen molar-refractivity contribution >= 4 is 27.3 Å². The van der Waals surface area contributed by atoms with E-state index in [1.165, 1.54) is 17.0 Å². The van der Waals surface area contributed by atoms with Gasteiger partial charge in [-0.25, -0.2) is 13.6 Å². The van der Waals surface area contributed by atoms with Gasteiger partial charge in [-0.05, 0) is 29.0 Å². The topological polar surface area (TPSA) is 89.3 Å². The van der Waals surface area contributed by atoms with E-state index in [1.54, 1.807) is 0 Å². The van der Waals surface area contributed by atoms with Crippen LogP contribution in [0.2, 0.25) is 0 Å². The summed E-state index contributed by atoms with van der Waals surface area (Å²) >= 11 is 0.947. The normalized spacial score (nSPS) is 13.2. The third-order valence-electron chi connectivity index (χ3n) is 4.03. The Morgan fingerprint density at radius 2 is 1.64 bits per heavy atom. The zero-order valence-corrected chi connectivity index (χ0v) is 16.4. The lowest BCUT2D eigenvalue weighted by Crippen LogP contribution is -2.31. The van der Waals surface area contributed by atoms with Crippen molar-refractivity contribution < 1.29 is 13.2 Å². The number of nitrogens with one attached hydrogen (secondary N) is 1. The number of benzene rings is 1. The van der Waals surface area contributed by atoms with Crippen LogP contribution >= 0.6 is 11.3 Å². The average molecular weight is 381 g/mol. The summed E-state index contributed by atoms with van der Waals surface area (Å²) in [6.45, 7) is 8.34. The Morgan fingerprint density at radius 1 is 1.08 bits per heavy atom. The summed E-state index contributed by atoms with van der Waals surface area (Å²) in [7, 11) is -3.79. The summed E-state index contributed by atoms with van der Waals surface area (Å²) in [6.07, 6.45) is 0. The first kappa shape index (κ1) is 19.6. The number of amides is 1. The van der Waals surface area contributed by atoms with Crippen LogP contribution in [0, 0.1) is 5.92 Å². The van der Waals surface area contributed by atoms with Gasteiger partial charge in [0.25, 0.3) is 5.91 Å². The molecule has 0 fully saturated rings. The Balaban J connectivity index is 2.21. The number of nitrogens with two attached hydrogens (primary N) is 1. The lowest BCUT2D eigenvalue weighted by molar-refractivity contribution is 0.0926. The van der Waals surface area contributed by atoms with Gasteiger partial charge in [-0.2, -0.15) is 0 Å². The minimum absolute atomic E-state index is 0.0139. The molecule has 1 amide bonds. The number of rotatable bonds is 6. The van der Waals surface area contributed by atoms with Crippen molar-refractivity contribution in [2.45, 2.75) is 43.9 Å². The van der Waals surface area contributed by atoms with Gasteiger partial charge in [0.15, 0.2) is 0 Å². The van der Waals surface area contributed by atoms with E-state index in [2.05, 4.69) is 31.3 Å². The van der Waals surface area contributed by atoms with Crippen LogP contribution in [0.15, 0.2) is 39.9 Å². The fourth-order valence-electron chi connectivity index (χ4n) is 2.53. The highest BCUT2D eigenvalue weighted by Gasteiger charge is 2.21. The zero-order chi connectivity index (χ0) is 18.8. The van der Waals surface area contributed by atoms with E-state index in [9.17, 15) is 13.2 Å². The van der Waals surface area contributed by atoms with Crippen LogP contribution < -0.4 is 10.5 Å². The van der Waals surface area contributed by atoms with Crippen molar-refractivity contribution in [2.75, 3.05) is 0 Å². The minimum Gasteiger partial charge on any atom is -0.345 e. The minimum atomic E-state index is -3.79. The second-order valence-electron chi connectivity index (χ2n) is 6.72. The fourth-order valence-corrected chi connectivity index (χ4v) is 4.12. The van der Waals surface area contributed by atoms with Gasteiger partial charge in [-0.3, -0.25) is 4.79 Å². The molecule has 1 atom stereocenters. The van der Waals surface area contributed by atoms with Gasteiger partial charge >= 0.3 is 0 Å². The molecule has 0 spiro atoms. The van der Waals surface area contributed by atoms with Crippen LogP contribution in [-0.4, -0.2) is 14.3 Å². The van der Waals surface area contributed by atoms with Crippen LogP contribution in [0.25, 0.3) is 0 Å². The molecule has 1 aromatic heterocycles. The van der Waals surface area contributed by atoms with Crippen molar-refractivity contribution in [3.8, 4) is 0 Å². The Labute approximate surface area is 153 Å². The molecule has 0 aliphatic rings. The van der Waals surface area contributed by atoms with Crippen LogP contribution in [0.5, 0.6) is 0 Å². The van der Waals surface area contributed by atoms with E-state index < -0.39 is 10.0 Å². The lowest BCUT2D eigenvalue weighted by Gasteiger charge is -2.23. The molecule has 2 rings (SSSR count). The molecular formula is C18H24N2O3S2. The smallest absolute Gasteiger partial charge is 0.252 e. The van der Waals surface area contributed by atoms with Gasteiger partial charge in [-0.15, -0.1) is 11.3 Å². The first-order chi connectivity index (χ1) is 11.6. The molecule has 136 valence electrons. The molecule has 0 radical (unpaired) electrons. The van der Waals surface area contributed by atoms with Gasteiger partial charge in [0.1, 0.15) is 4.21 Å².